The predicted octanol–water partition coefficient (Wildman–Crippen LogP) is 3.45. The van der Waals surface area contributed by atoms with Gasteiger partial charge in [-0.2, -0.15) is 0 Å². The molecule has 1 amide bonds. The minimum atomic E-state index is -0.781. The van der Waals surface area contributed by atoms with Gasteiger partial charge in [-0.1, -0.05) is 23.2 Å². The van der Waals surface area contributed by atoms with E-state index < -0.39 is 23.5 Å². The Hall–Kier alpha value is -1.26. The van der Waals surface area contributed by atoms with Crippen molar-refractivity contribution < 1.29 is 14.3 Å². The van der Waals surface area contributed by atoms with Gasteiger partial charge in [-0.15, -0.1) is 0 Å². The van der Waals surface area contributed by atoms with E-state index in [2.05, 4.69) is 5.32 Å². The monoisotopic (exact) mass is 317 g/mol. The summed E-state index contributed by atoms with van der Waals surface area (Å²) in [5, 5.41) is 3.19. The Labute approximate surface area is 128 Å². The number of esters is 1. The van der Waals surface area contributed by atoms with Gasteiger partial charge < -0.3 is 10.1 Å². The van der Waals surface area contributed by atoms with E-state index in [4.69, 9.17) is 27.9 Å². The summed E-state index contributed by atoms with van der Waals surface area (Å²) in [4.78, 5) is 23.8. The van der Waals surface area contributed by atoms with Gasteiger partial charge in [0.2, 0.25) is 0 Å². The van der Waals surface area contributed by atoms with Crippen LogP contribution >= 0.6 is 23.2 Å². The van der Waals surface area contributed by atoms with E-state index in [9.17, 15) is 9.59 Å². The van der Waals surface area contributed by atoms with Crippen LogP contribution in [0.2, 0.25) is 10.0 Å². The summed E-state index contributed by atoms with van der Waals surface area (Å²) in [7, 11) is 0. The summed E-state index contributed by atoms with van der Waals surface area (Å²) in [6, 6.07) is 3.77. The van der Waals surface area contributed by atoms with E-state index in [0.717, 1.165) is 0 Å². The van der Waals surface area contributed by atoms with Crippen LogP contribution < -0.4 is 5.32 Å². The van der Waals surface area contributed by atoms with E-state index in [-0.39, 0.29) is 10.6 Å². The molecule has 0 aliphatic carbocycles. The van der Waals surface area contributed by atoms with Crippen molar-refractivity contribution in [2.45, 2.75) is 39.3 Å². The maximum Gasteiger partial charge on any atom is 0.328 e. The van der Waals surface area contributed by atoms with Crippen LogP contribution in [0.5, 0.6) is 0 Å². The lowest BCUT2D eigenvalue weighted by Gasteiger charge is -2.22. The van der Waals surface area contributed by atoms with E-state index in [1.807, 2.05) is 0 Å². The number of nitrogens with one attached hydrogen (secondary N) is 1. The SMILES string of the molecule is C[C@@H](NC(=O)c1cc(Cl)ccc1Cl)C(=O)OC(C)(C)C. The minimum Gasteiger partial charge on any atom is -0.458 e. The second-order valence-electron chi connectivity index (χ2n) is 5.35. The lowest BCUT2D eigenvalue weighted by Crippen LogP contribution is -2.42. The second-order valence-corrected chi connectivity index (χ2v) is 6.20. The van der Waals surface area contributed by atoms with Crippen molar-refractivity contribution in [3.63, 3.8) is 0 Å². The molecule has 0 bridgehead atoms. The highest BCUT2D eigenvalue weighted by Gasteiger charge is 2.24. The Morgan fingerprint density at radius 3 is 2.40 bits per heavy atom. The van der Waals surface area contributed by atoms with Crippen LogP contribution in [-0.4, -0.2) is 23.5 Å². The summed E-state index contributed by atoms with van der Waals surface area (Å²) >= 11 is 11.7. The second kappa shape index (κ2) is 6.46. The molecule has 0 heterocycles. The van der Waals surface area contributed by atoms with Crippen LogP contribution in [0.4, 0.5) is 0 Å². The van der Waals surface area contributed by atoms with Crippen LogP contribution in [0.25, 0.3) is 0 Å². The standard InChI is InChI=1S/C14H17Cl2NO3/c1-8(13(19)20-14(2,3)4)17-12(18)10-7-9(15)5-6-11(10)16/h5-8H,1-4H3,(H,17,18)/t8-/m1/s1. The first-order valence-electron chi connectivity index (χ1n) is 6.09. The normalized spacial score (nSPS) is 12.7. The molecule has 0 saturated heterocycles. The molecule has 6 heteroatoms. The number of carbonyl (C=O) groups excluding carboxylic acids is 2. The van der Waals surface area contributed by atoms with E-state index in [1.165, 1.54) is 12.1 Å². The van der Waals surface area contributed by atoms with Crippen molar-refractivity contribution in [3.05, 3.63) is 33.8 Å². The Balaban J connectivity index is 2.75. The molecule has 1 aromatic rings. The maximum atomic E-state index is 12.0. The lowest BCUT2D eigenvalue weighted by molar-refractivity contribution is -0.156. The van der Waals surface area contributed by atoms with Crippen molar-refractivity contribution >= 4 is 35.1 Å². The van der Waals surface area contributed by atoms with E-state index >= 15 is 0 Å². The number of carbonyl (C=O) groups is 2. The molecule has 1 atom stereocenters. The summed E-state index contributed by atoms with van der Waals surface area (Å²) < 4.78 is 5.18. The van der Waals surface area contributed by atoms with Crippen LogP contribution in [0.15, 0.2) is 18.2 Å². The van der Waals surface area contributed by atoms with Gasteiger partial charge in [0.1, 0.15) is 11.6 Å². The number of halogens is 2. The summed E-state index contributed by atoms with van der Waals surface area (Å²) in [6.07, 6.45) is 0. The van der Waals surface area contributed by atoms with Gasteiger partial charge in [-0.3, -0.25) is 4.79 Å². The zero-order chi connectivity index (χ0) is 15.5. The molecule has 0 unspecified atom stereocenters. The highest BCUT2D eigenvalue weighted by Crippen LogP contribution is 2.20. The van der Waals surface area contributed by atoms with Crippen molar-refractivity contribution in [1.82, 2.24) is 5.32 Å². The highest BCUT2D eigenvalue weighted by molar-refractivity contribution is 6.35. The smallest absolute Gasteiger partial charge is 0.328 e. The number of benzene rings is 1. The van der Waals surface area contributed by atoms with E-state index in [0.29, 0.717) is 5.02 Å². The first-order chi connectivity index (χ1) is 9.10. The van der Waals surface area contributed by atoms with Gasteiger partial charge in [0.05, 0.1) is 10.6 Å². The van der Waals surface area contributed by atoms with Gasteiger partial charge >= 0.3 is 5.97 Å². The molecule has 0 aromatic heterocycles. The molecule has 110 valence electrons. The summed E-state index contributed by atoms with van der Waals surface area (Å²) in [6.45, 7) is 6.82. The van der Waals surface area contributed by atoms with Gasteiger partial charge in [0.15, 0.2) is 0 Å². The number of rotatable bonds is 3. The van der Waals surface area contributed by atoms with Crippen molar-refractivity contribution in [2.75, 3.05) is 0 Å². The molecule has 0 spiro atoms. The van der Waals surface area contributed by atoms with Crippen LogP contribution in [0, 0.1) is 0 Å². The van der Waals surface area contributed by atoms with Gasteiger partial charge in [0.25, 0.3) is 5.91 Å². The van der Waals surface area contributed by atoms with Gasteiger partial charge in [0, 0.05) is 5.02 Å². The molecule has 1 rings (SSSR count). The molecule has 1 aromatic carbocycles. The van der Waals surface area contributed by atoms with Crippen LogP contribution in [-0.2, 0) is 9.53 Å². The molecule has 0 saturated carbocycles. The Morgan fingerprint density at radius 2 is 1.85 bits per heavy atom. The minimum absolute atomic E-state index is 0.217. The van der Waals surface area contributed by atoms with E-state index in [1.54, 1.807) is 33.8 Å². The Bertz CT molecular complexity index is 524. The number of hydrogen-bond donors (Lipinski definition) is 1. The number of hydrogen-bond acceptors (Lipinski definition) is 3. The predicted molar refractivity (Wildman–Crippen MR) is 79.2 cm³/mol. The largest absolute Gasteiger partial charge is 0.458 e. The molecule has 0 aliphatic rings. The average Bonchev–Trinajstić information content (AvgIpc) is 2.29. The van der Waals surface area contributed by atoms with Gasteiger partial charge in [-0.25, -0.2) is 4.79 Å². The van der Waals surface area contributed by atoms with Crippen LogP contribution in [0.3, 0.4) is 0 Å². The first kappa shape index (κ1) is 16.8. The molecule has 0 aliphatic heterocycles. The quantitative estimate of drug-likeness (QED) is 0.869. The average molecular weight is 318 g/mol. The maximum absolute atomic E-state index is 12.0. The van der Waals surface area contributed by atoms with Crippen molar-refractivity contribution in [2.24, 2.45) is 0 Å². The number of ether oxygens (including phenoxy) is 1. The summed E-state index contributed by atoms with van der Waals surface area (Å²) in [5.41, 5.74) is -0.390. The van der Waals surface area contributed by atoms with Crippen molar-refractivity contribution in [3.8, 4) is 0 Å². The van der Waals surface area contributed by atoms with Gasteiger partial charge in [-0.05, 0) is 45.9 Å². The molecule has 20 heavy (non-hydrogen) atoms. The lowest BCUT2D eigenvalue weighted by atomic mass is 10.2. The fourth-order valence-corrected chi connectivity index (χ4v) is 1.77. The first-order valence-corrected chi connectivity index (χ1v) is 6.84. The highest BCUT2D eigenvalue weighted by atomic mass is 35.5. The molecule has 0 radical (unpaired) electrons. The van der Waals surface area contributed by atoms with Crippen LogP contribution in [0.1, 0.15) is 38.1 Å². The third kappa shape index (κ3) is 5.02. The fourth-order valence-electron chi connectivity index (χ4n) is 1.39. The molecule has 0 fully saturated rings. The number of amides is 1. The summed E-state index contributed by atoms with van der Waals surface area (Å²) in [5.74, 6) is -0.986. The third-order valence-corrected chi connectivity index (χ3v) is 2.85. The zero-order valence-corrected chi connectivity index (χ0v) is 13.3. The topological polar surface area (TPSA) is 55.4 Å². The molecular weight excluding hydrogens is 301 g/mol. The van der Waals surface area contributed by atoms with Crippen molar-refractivity contribution in [1.29, 1.82) is 0 Å². The zero-order valence-electron chi connectivity index (χ0n) is 11.8. The Kier molecular flexibility index (Phi) is 5.42. The molecule has 1 N–H and O–H groups in total. The molecular formula is C14H17Cl2NO3. The fraction of sp³-hybridized carbons (Fsp3) is 0.429. The Morgan fingerprint density at radius 1 is 1.25 bits per heavy atom. The third-order valence-electron chi connectivity index (χ3n) is 2.28. The molecule has 4 nitrogen and oxygen atoms in total.